The number of nitrogens with one attached hydrogen (secondary N) is 1. The summed E-state index contributed by atoms with van der Waals surface area (Å²) in [5, 5.41) is 3.02. The summed E-state index contributed by atoms with van der Waals surface area (Å²) in [6.45, 7) is 6.38. The molecular weight excluding hydrogens is 233 g/mol. The van der Waals surface area contributed by atoms with Crippen molar-refractivity contribution in [3.8, 4) is 0 Å². The van der Waals surface area contributed by atoms with Crippen LogP contribution in [0.25, 0.3) is 0 Å². The molecule has 3 nitrogen and oxygen atoms in total. The van der Waals surface area contributed by atoms with E-state index in [0.717, 1.165) is 0 Å². The Hall–Kier alpha value is -1.42. The predicted octanol–water partition coefficient (Wildman–Crippen LogP) is 2.65. The summed E-state index contributed by atoms with van der Waals surface area (Å²) in [4.78, 5) is 11.4. The molecule has 0 saturated carbocycles. The molecule has 1 N–H and O–H groups in total. The number of ether oxygens (including phenoxy) is 1. The molecule has 1 rings (SSSR count). The Morgan fingerprint density at radius 3 is 2.61 bits per heavy atom. The predicted molar refractivity (Wildman–Crippen MR) is 68.6 cm³/mol. The topological polar surface area (TPSA) is 38.3 Å². The Bertz CT molecular complexity index is 399. The van der Waals surface area contributed by atoms with Crippen LogP contribution in [0.1, 0.15) is 32.8 Å². The molecule has 0 aromatic heterocycles. The van der Waals surface area contributed by atoms with E-state index in [9.17, 15) is 9.18 Å². The molecule has 0 amide bonds. The van der Waals surface area contributed by atoms with Gasteiger partial charge in [-0.1, -0.05) is 18.2 Å². The maximum absolute atomic E-state index is 13.3. The average molecular weight is 253 g/mol. The van der Waals surface area contributed by atoms with E-state index in [1.54, 1.807) is 18.2 Å². The summed E-state index contributed by atoms with van der Waals surface area (Å²) in [6, 6.07) is 6.58. The fraction of sp³-hybridized carbons (Fsp3) is 0.500. The number of carbonyl (C=O) groups excluding carboxylic acids is 1. The highest BCUT2D eigenvalue weighted by atomic mass is 19.1. The van der Waals surface area contributed by atoms with E-state index in [0.29, 0.717) is 18.7 Å². The van der Waals surface area contributed by atoms with Gasteiger partial charge in [-0.05, 0) is 26.8 Å². The minimum Gasteiger partial charge on any atom is -0.460 e. The van der Waals surface area contributed by atoms with Gasteiger partial charge in [-0.25, -0.2) is 4.39 Å². The first-order chi connectivity index (χ1) is 8.38. The average Bonchev–Trinajstić information content (AvgIpc) is 2.24. The van der Waals surface area contributed by atoms with Crippen molar-refractivity contribution in [2.24, 2.45) is 0 Å². The fourth-order valence-corrected chi connectivity index (χ4v) is 1.45. The summed E-state index contributed by atoms with van der Waals surface area (Å²) in [7, 11) is 0. The van der Waals surface area contributed by atoms with Gasteiger partial charge in [0.2, 0.25) is 0 Å². The monoisotopic (exact) mass is 253 g/mol. The number of hydrogen-bond acceptors (Lipinski definition) is 3. The maximum atomic E-state index is 13.3. The summed E-state index contributed by atoms with van der Waals surface area (Å²) < 4.78 is 18.4. The van der Waals surface area contributed by atoms with Gasteiger partial charge in [0.15, 0.2) is 0 Å². The third-order valence-electron chi connectivity index (χ3n) is 2.20. The van der Waals surface area contributed by atoms with E-state index in [1.165, 1.54) is 6.07 Å². The van der Waals surface area contributed by atoms with E-state index in [-0.39, 0.29) is 18.2 Å². The van der Waals surface area contributed by atoms with Gasteiger partial charge in [0.1, 0.15) is 11.4 Å². The zero-order valence-electron chi connectivity index (χ0n) is 11.1. The van der Waals surface area contributed by atoms with E-state index in [2.05, 4.69) is 5.32 Å². The van der Waals surface area contributed by atoms with E-state index >= 15 is 0 Å². The van der Waals surface area contributed by atoms with Crippen molar-refractivity contribution in [2.75, 3.05) is 6.54 Å². The summed E-state index contributed by atoms with van der Waals surface area (Å²) in [5.41, 5.74) is 0.143. The zero-order valence-corrected chi connectivity index (χ0v) is 11.1. The number of rotatable bonds is 5. The Morgan fingerprint density at radius 1 is 1.33 bits per heavy atom. The van der Waals surface area contributed by atoms with Crippen LogP contribution in [0.2, 0.25) is 0 Å². The molecule has 0 heterocycles. The van der Waals surface area contributed by atoms with Gasteiger partial charge in [0.05, 0.1) is 6.42 Å². The molecule has 0 aliphatic rings. The van der Waals surface area contributed by atoms with Crippen LogP contribution in [0.3, 0.4) is 0 Å². The number of halogens is 1. The summed E-state index contributed by atoms with van der Waals surface area (Å²) in [5.74, 6) is -0.481. The van der Waals surface area contributed by atoms with Crippen LogP contribution in [0.5, 0.6) is 0 Å². The molecule has 1 aromatic carbocycles. The summed E-state index contributed by atoms with van der Waals surface area (Å²) in [6.07, 6.45) is 0.283. The molecule has 0 aliphatic carbocycles. The first-order valence-electron chi connectivity index (χ1n) is 6.04. The Balaban J connectivity index is 2.23. The largest absolute Gasteiger partial charge is 0.460 e. The lowest BCUT2D eigenvalue weighted by Crippen LogP contribution is -2.26. The molecule has 4 heteroatoms. The second kappa shape index (κ2) is 6.50. The highest BCUT2D eigenvalue weighted by molar-refractivity contribution is 5.70. The van der Waals surface area contributed by atoms with Crippen LogP contribution in [-0.4, -0.2) is 18.1 Å². The van der Waals surface area contributed by atoms with E-state index in [1.807, 2.05) is 20.8 Å². The van der Waals surface area contributed by atoms with Crippen LogP contribution >= 0.6 is 0 Å². The number of benzene rings is 1. The molecule has 0 spiro atoms. The molecule has 0 aliphatic heterocycles. The van der Waals surface area contributed by atoms with Crippen LogP contribution in [-0.2, 0) is 16.1 Å². The molecule has 0 bridgehead atoms. The minimum atomic E-state index is -0.456. The van der Waals surface area contributed by atoms with Gasteiger partial charge in [-0.3, -0.25) is 4.79 Å². The molecule has 100 valence electrons. The van der Waals surface area contributed by atoms with E-state index < -0.39 is 5.60 Å². The van der Waals surface area contributed by atoms with Crippen LogP contribution in [0.4, 0.5) is 4.39 Å². The Labute approximate surface area is 107 Å². The van der Waals surface area contributed by atoms with Gasteiger partial charge in [0, 0.05) is 18.7 Å². The van der Waals surface area contributed by atoms with Crippen molar-refractivity contribution in [2.45, 2.75) is 39.3 Å². The second-order valence-electron chi connectivity index (χ2n) is 5.10. The number of carbonyl (C=O) groups is 1. The normalized spacial score (nSPS) is 11.3. The lowest BCUT2D eigenvalue weighted by atomic mass is 10.2. The second-order valence-corrected chi connectivity index (χ2v) is 5.10. The quantitative estimate of drug-likeness (QED) is 0.647. The highest BCUT2D eigenvalue weighted by Crippen LogP contribution is 2.08. The van der Waals surface area contributed by atoms with Gasteiger partial charge in [0.25, 0.3) is 0 Å². The fourth-order valence-electron chi connectivity index (χ4n) is 1.45. The molecule has 0 atom stereocenters. The van der Waals surface area contributed by atoms with Crippen molar-refractivity contribution < 1.29 is 13.9 Å². The van der Waals surface area contributed by atoms with Gasteiger partial charge < -0.3 is 10.1 Å². The lowest BCUT2D eigenvalue weighted by molar-refractivity contribution is -0.154. The van der Waals surface area contributed by atoms with Crippen LogP contribution in [0.15, 0.2) is 24.3 Å². The molecule has 0 radical (unpaired) electrons. The van der Waals surface area contributed by atoms with Gasteiger partial charge in [-0.15, -0.1) is 0 Å². The summed E-state index contributed by atoms with van der Waals surface area (Å²) >= 11 is 0. The molecule has 1 aromatic rings. The maximum Gasteiger partial charge on any atom is 0.307 e. The third-order valence-corrected chi connectivity index (χ3v) is 2.20. The van der Waals surface area contributed by atoms with Crippen molar-refractivity contribution in [1.82, 2.24) is 5.32 Å². The van der Waals surface area contributed by atoms with E-state index in [4.69, 9.17) is 4.74 Å². The smallest absolute Gasteiger partial charge is 0.307 e. The first kappa shape index (κ1) is 14.6. The van der Waals surface area contributed by atoms with Crippen LogP contribution < -0.4 is 5.32 Å². The molecule has 18 heavy (non-hydrogen) atoms. The molecule has 0 unspecified atom stereocenters. The van der Waals surface area contributed by atoms with Gasteiger partial charge in [-0.2, -0.15) is 0 Å². The van der Waals surface area contributed by atoms with Crippen molar-refractivity contribution >= 4 is 5.97 Å². The zero-order chi connectivity index (χ0) is 13.6. The molecule has 0 fully saturated rings. The highest BCUT2D eigenvalue weighted by Gasteiger charge is 2.15. The molecule has 0 saturated heterocycles. The van der Waals surface area contributed by atoms with Crippen molar-refractivity contribution in [3.63, 3.8) is 0 Å². The van der Waals surface area contributed by atoms with Crippen molar-refractivity contribution in [1.29, 1.82) is 0 Å². The Morgan fingerprint density at radius 2 is 2.00 bits per heavy atom. The molecular formula is C14H20FNO2. The van der Waals surface area contributed by atoms with Crippen molar-refractivity contribution in [3.05, 3.63) is 35.6 Å². The minimum absolute atomic E-state index is 0.234. The third kappa shape index (κ3) is 5.77. The van der Waals surface area contributed by atoms with Gasteiger partial charge >= 0.3 is 5.97 Å². The first-order valence-corrected chi connectivity index (χ1v) is 6.04. The number of esters is 1. The SMILES string of the molecule is CC(C)(C)OC(=O)CCNCc1ccccc1F. The lowest BCUT2D eigenvalue weighted by Gasteiger charge is -2.19. The van der Waals surface area contributed by atoms with Crippen LogP contribution in [0, 0.1) is 5.82 Å². The Kier molecular flexibility index (Phi) is 5.28. The standard InChI is InChI=1S/C14H20FNO2/c1-14(2,3)18-13(17)8-9-16-10-11-6-4-5-7-12(11)15/h4-7,16H,8-10H2,1-3H3. The number of hydrogen-bond donors (Lipinski definition) is 1.